The smallest absolute Gasteiger partial charge is 0.322 e. The van der Waals surface area contributed by atoms with E-state index < -0.39 is 5.60 Å². The van der Waals surface area contributed by atoms with Crippen LogP contribution in [0, 0.1) is 0 Å². The van der Waals surface area contributed by atoms with Crippen molar-refractivity contribution in [2.24, 2.45) is 0 Å². The number of benzene rings is 2. The van der Waals surface area contributed by atoms with Gasteiger partial charge in [-0.3, -0.25) is 4.79 Å². The lowest BCUT2D eigenvalue weighted by atomic mass is 9.87. The van der Waals surface area contributed by atoms with Gasteiger partial charge in [-0.2, -0.15) is 0 Å². The van der Waals surface area contributed by atoms with Gasteiger partial charge >= 0.3 is 5.97 Å². The molecule has 2 aromatic carbocycles. The first-order chi connectivity index (χ1) is 11.1. The van der Waals surface area contributed by atoms with Gasteiger partial charge in [-0.15, -0.1) is 0 Å². The van der Waals surface area contributed by atoms with E-state index in [1.165, 1.54) is 7.11 Å². The van der Waals surface area contributed by atoms with Gasteiger partial charge in [-0.25, -0.2) is 0 Å². The van der Waals surface area contributed by atoms with Crippen molar-refractivity contribution in [1.29, 1.82) is 0 Å². The van der Waals surface area contributed by atoms with Gasteiger partial charge in [0.15, 0.2) is 0 Å². The van der Waals surface area contributed by atoms with Gasteiger partial charge in [0.2, 0.25) is 0 Å². The highest BCUT2D eigenvalue weighted by molar-refractivity contribution is 5.91. The molecule has 0 bridgehead atoms. The van der Waals surface area contributed by atoms with Crippen LogP contribution in [0.5, 0.6) is 0 Å². The zero-order valence-corrected chi connectivity index (χ0v) is 13.5. The number of methoxy groups -OCH3 is 2. The van der Waals surface area contributed by atoms with E-state index in [2.05, 4.69) is 36.2 Å². The summed E-state index contributed by atoms with van der Waals surface area (Å²) >= 11 is 0. The molecule has 1 heterocycles. The fourth-order valence-corrected chi connectivity index (χ4v) is 3.34. The number of rotatable bonds is 4. The summed E-state index contributed by atoms with van der Waals surface area (Å²) in [4.78, 5) is 11.8. The summed E-state index contributed by atoms with van der Waals surface area (Å²) in [6.07, 6.45) is 2.40. The van der Waals surface area contributed by atoms with Crippen LogP contribution < -0.4 is 5.32 Å². The van der Waals surface area contributed by atoms with Crippen LogP contribution in [0.15, 0.2) is 43.0 Å². The molecule has 3 rings (SSSR count). The van der Waals surface area contributed by atoms with Gasteiger partial charge in [-0.1, -0.05) is 36.9 Å². The summed E-state index contributed by atoms with van der Waals surface area (Å²) in [5.74, 6) is -0.256. The average molecular weight is 311 g/mol. The summed E-state index contributed by atoms with van der Waals surface area (Å²) in [6, 6.07) is 12.1. The lowest BCUT2D eigenvalue weighted by Gasteiger charge is -2.28. The lowest BCUT2D eigenvalue weighted by Crippen LogP contribution is -2.31. The van der Waals surface area contributed by atoms with Crippen LogP contribution in [0.1, 0.15) is 17.5 Å². The number of hydrogen-bond acceptors (Lipinski definition) is 4. The van der Waals surface area contributed by atoms with Crippen LogP contribution in [0.25, 0.3) is 16.8 Å². The molecule has 4 nitrogen and oxygen atoms in total. The van der Waals surface area contributed by atoms with Crippen molar-refractivity contribution in [1.82, 2.24) is 5.32 Å². The number of esters is 1. The Labute approximate surface area is 136 Å². The van der Waals surface area contributed by atoms with Gasteiger partial charge < -0.3 is 14.8 Å². The highest BCUT2D eigenvalue weighted by atomic mass is 16.5. The molecular formula is C19H21NO3. The molecule has 0 aromatic heterocycles. The third-order valence-corrected chi connectivity index (χ3v) is 4.68. The lowest BCUT2D eigenvalue weighted by molar-refractivity contribution is -0.143. The minimum atomic E-state index is -0.541. The van der Waals surface area contributed by atoms with Crippen molar-refractivity contribution in [3.05, 3.63) is 54.1 Å². The van der Waals surface area contributed by atoms with E-state index in [1.807, 2.05) is 18.2 Å². The van der Waals surface area contributed by atoms with E-state index >= 15 is 0 Å². The van der Waals surface area contributed by atoms with E-state index in [0.29, 0.717) is 13.0 Å². The van der Waals surface area contributed by atoms with Crippen molar-refractivity contribution < 1.29 is 14.3 Å². The predicted octanol–water partition coefficient (Wildman–Crippen LogP) is 2.86. The predicted molar refractivity (Wildman–Crippen MR) is 91.1 cm³/mol. The summed E-state index contributed by atoms with van der Waals surface area (Å²) < 4.78 is 10.7. The molecule has 23 heavy (non-hydrogen) atoms. The van der Waals surface area contributed by atoms with Gasteiger partial charge in [0.25, 0.3) is 0 Å². The first-order valence-electron chi connectivity index (χ1n) is 7.65. The topological polar surface area (TPSA) is 47.6 Å². The molecule has 0 aliphatic carbocycles. The number of nitrogens with one attached hydrogen (secondary N) is 1. The molecule has 0 radical (unpaired) electrons. The standard InChI is InChI=1S/C19H21NO3/c1-4-13-9-15(10-14-7-5-6-8-16(13)14)19(23-3)11-17(20-12-19)18(21)22-2/h4-10,17,20H,1,11-12H2,2-3H3. The third-order valence-electron chi connectivity index (χ3n) is 4.68. The normalized spacial score (nSPS) is 23.8. The molecule has 4 heteroatoms. The maximum atomic E-state index is 11.8. The highest BCUT2D eigenvalue weighted by Crippen LogP contribution is 2.37. The molecule has 120 valence electrons. The molecule has 1 aliphatic heterocycles. The van der Waals surface area contributed by atoms with Crippen molar-refractivity contribution in [2.75, 3.05) is 20.8 Å². The van der Waals surface area contributed by atoms with E-state index in [-0.39, 0.29) is 12.0 Å². The second-order valence-electron chi connectivity index (χ2n) is 5.85. The quantitative estimate of drug-likeness (QED) is 0.882. The number of fused-ring (bicyclic) bond motifs is 1. The average Bonchev–Trinajstić information content (AvgIpc) is 3.06. The van der Waals surface area contributed by atoms with Crippen LogP contribution >= 0.6 is 0 Å². The number of carbonyl (C=O) groups is 1. The molecule has 1 aliphatic rings. The van der Waals surface area contributed by atoms with Gasteiger partial charge in [-0.05, 0) is 34.0 Å². The second kappa shape index (κ2) is 6.14. The van der Waals surface area contributed by atoms with E-state index in [0.717, 1.165) is 21.9 Å². The Kier molecular flexibility index (Phi) is 4.20. The van der Waals surface area contributed by atoms with Crippen LogP contribution in [0.3, 0.4) is 0 Å². The molecule has 0 amide bonds. The summed E-state index contributed by atoms with van der Waals surface area (Å²) in [7, 11) is 3.09. The van der Waals surface area contributed by atoms with Crippen molar-refractivity contribution in [2.45, 2.75) is 18.1 Å². The number of hydrogen-bond donors (Lipinski definition) is 1. The highest BCUT2D eigenvalue weighted by Gasteiger charge is 2.44. The van der Waals surface area contributed by atoms with E-state index in [4.69, 9.17) is 9.47 Å². The monoisotopic (exact) mass is 311 g/mol. The summed E-state index contributed by atoms with van der Waals surface area (Å²) in [5.41, 5.74) is 1.57. The Morgan fingerprint density at radius 1 is 1.35 bits per heavy atom. The minimum Gasteiger partial charge on any atom is -0.468 e. The molecule has 2 unspecified atom stereocenters. The SMILES string of the molecule is C=Cc1cc(C2(OC)CNC(C(=O)OC)C2)cc2ccccc12. The summed E-state index contributed by atoms with van der Waals surface area (Å²) in [5, 5.41) is 5.50. The zero-order valence-electron chi connectivity index (χ0n) is 13.5. The van der Waals surface area contributed by atoms with Crippen LogP contribution in [-0.4, -0.2) is 32.8 Å². The largest absolute Gasteiger partial charge is 0.468 e. The Balaban J connectivity index is 2.07. The van der Waals surface area contributed by atoms with Crippen molar-refractivity contribution in [3.8, 4) is 0 Å². The number of ether oxygens (including phenoxy) is 2. The second-order valence-corrected chi connectivity index (χ2v) is 5.85. The zero-order chi connectivity index (χ0) is 16.4. The van der Waals surface area contributed by atoms with Gasteiger partial charge in [0.05, 0.1) is 7.11 Å². The molecule has 0 saturated carbocycles. The Morgan fingerprint density at radius 2 is 2.13 bits per heavy atom. The first-order valence-corrected chi connectivity index (χ1v) is 7.65. The first kappa shape index (κ1) is 15.7. The fraction of sp³-hybridized carbons (Fsp3) is 0.316. The molecule has 1 fully saturated rings. The van der Waals surface area contributed by atoms with Crippen molar-refractivity contribution >= 4 is 22.8 Å². The van der Waals surface area contributed by atoms with E-state index in [1.54, 1.807) is 7.11 Å². The minimum absolute atomic E-state index is 0.256. The van der Waals surface area contributed by atoms with Crippen molar-refractivity contribution in [3.63, 3.8) is 0 Å². The third kappa shape index (κ3) is 2.64. The van der Waals surface area contributed by atoms with Gasteiger partial charge in [0, 0.05) is 20.1 Å². The molecule has 1 saturated heterocycles. The van der Waals surface area contributed by atoms with Gasteiger partial charge in [0.1, 0.15) is 11.6 Å². The molecule has 2 aromatic rings. The molecule has 1 N–H and O–H groups in total. The molecular weight excluding hydrogens is 290 g/mol. The van der Waals surface area contributed by atoms with Crippen LogP contribution in [0.2, 0.25) is 0 Å². The Hall–Kier alpha value is -2.17. The fourth-order valence-electron chi connectivity index (χ4n) is 3.34. The number of carbonyl (C=O) groups excluding carboxylic acids is 1. The maximum absolute atomic E-state index is 11.8. The molecule has 2 atom stereocenters. The Bertz CT molecular complexity index is 755. The molecule has 0 spiro atoms. The van der Waals surface area contributed by atoms with Crippen LogP contribution in [0.4, 0.5) is 0 Å². The maximum Gasteiger partial charge on any atom is 0.322 e. The van der Waals surface area contributed by atoms with E-state index in [9.17, 15) is 4.79 Å². The Morgan fingerprint density at radius 3 is 2.83 bits per heavy atom. The van der Waals surface area contributed by atoms with Crippen LogP contribution in [-0.2, 0) is 19.9 Å². The summed E-state index contributed by atoms with van der Waals surface area (Å²) in [6.45, 7) is 4.49.